The van der Waals surface area contributed by atoms with Crippen LogP contribution in [0.5, 0.6) is 0 Å². The van der Waals surface area contributed by atoms with Crippen molar-refractivity contribution in [3.63, 3.8) is 0 Å². The fraction of sp³-hybridized carbons (Fsp3) is 0.385. The largest absolute Gasteiger partial charge is 1.00 e. The van der Waals surface area contributed by atoms with Crippen molar-refractivity contribution in [3.8, 4) is 0 Å². The van der Waals surface area contributed by atoms with Gasteiger partial charge in [0.2, 0.25) is 0 Å². The minimum Gasteiger partial charge on any atom is -1.00 e. The summed E-state index contributed by atoms with van der Waals surface area (Å²) < 4.78 is 7.86. The molecule has 0 unspecified atom stereocenters. The lowest BCUT2D eigenvalue weighted by atomic mass is 10.2. The number of hydrogen-bond acceptors (Lipinski definition) is 4. The zero-order valence-corrected chi connectivity index (χ0v) is 13.4. The normalized spacial score (nSPS) is 10.2. The number of carbonyl (C=O) groups is 1. The van der Waals surface area contributed by atoms with Gasteiger partial charge < -0.3 is 21.7 Å². The zero-order valence-electron chi connectivity index (χ0n) is 11.0. The summed E-state index contributed by atoms with van der Waals surface area (Å²) in [6, 6.07) is 6.20. The standard InChI is InChI=1S/C13H16N2O2S.BrH/c1-3-9-5-6-10-11(7-9)18-13(14)15(10)8-12(16)17-4-2;/h5-7,14H,3-4,8H2,1-2H3;1H. The number of hydrogen-bond donors (Lipinski definition) is 1. The maximum Gasteiger partial charge on any atom is 0.348 e. The lowest BCUT2D eigenvalue weighted by Crippen LogP contribution is -3.00. The van der Waals surface area contributed by atoms with Crippen molar-refractivity contribution in [2.75, 3.05) is 12.3 Å². The summed E-state index contributed by atoms with van der Waals surface area (Å²) in [5, 5.41) is 0.631. The molecule has 6 heteroatoms. The quantitative estimate of drug-likeness (QED) is 0.566. The molecule has 0 amide bonds. The Morgan fingerprint density at radius 2 is 2.16 bits per heavy atom. The van der Waals surface area contributed by atoms with Crippen LogP contribution in [-0.4, -0.2) is 12.6 Å². The molecule has 19 heavy (non-hydrogen) atoms. The van der Waals surface area contributed by atoms with E-state index in [9.17, 15) is 4.79 Å². The van der Waals surface area contributed by atoms with Crippen molar-refractivity contribution < 1.29 is 31.1 Å². The minimum absolute atomic E-state index is 0. The highest BCUT2D eigenvalue weighted by molar-refractivity contribution is 7.21. The van der Waals surface area contributed by atoms with E-state index >= 15 is 0 Å². The van der Waals surface area contributed by atoms with Gasteiger partial charge in [-0.25, -0.2) is 9.36 Å². The van der Waals surface area contributed by atoms with Gasteiger partial charge in [-0.1, -0.05) is 13.0 Å². The van der Waals surface area contributed by atoms with Crippen LogP contribution in [0.1, 0.15) is 19.4 Å². The van der Waals surface area contributed by atoms with Gasteiger partial charge >= 0.3 is 11.1 Å². The van der Waals surface area contributed by atoms with E-state index < -0.39 is 0 Å². The van der Waals surface area contributed by atoms with Crippen molar-refractivity contribution >= 4 is 32.7 Å². The predicted molar refractivity (Wildman–Crippen MR) is 72.4 cm³/mol. The molecular formula is C13H17BrN2O2S. The van der Waals surface area contributed by atoms with Crippen LogP contribution in [-0.2, 0) is 22.5 Å². The summed E-state index contributed by atoms with van der Waals surface area (Å²) >= 11 is 1.50. The van der Waals surface area contributed by atoms with Gasteiger partial charge in [-0.05, 0) is 42.4 Å². The Kier molecular flexibility index (Phi) is 5.75. The molecule has 1 heterocycles. The van der Waals surface area contributed by atoms with Gasteiger partial charge in [0.15, 0.2) is 6.54 Å². The van der Waals surface area contributed by atoms with Crippen LogP contribution >= 0.6 is 11.3 Å². The van der Waals surface area contributed by atoms with Gasteiger partial charge in [-0.15, -0.1) is 0 Å². The molecule has 0 saturated carbocycles. The number of aromatic nitrogens is 1. The van der Waals surface area contributed by atoms with E-state index in [4.69, 9.17) is 10.5 Å². The minimum atomic E-state index is -0.256. The number of benzene rings is 1. The highest BCUT2D eigenvalue weighted by Gasteiger charge is 2.18. The first kappa shape index (κ1) is 15.9. The number of ether oxygens (including phenoxy) is 1. The smallest absolute Gasteiger partial charge is 0.348 e. The Bertz CT molecular complexity index is 583. The highest BCUT2D eigenvalue weighted by Crippen LogP contribution is 2.23. The lowest BCUT2D eigenvalue weighted by molar-refractivity contribution is -0.641. The first-order valence-corrected chi connectivity index (χ1v) is 6.83. The molecule has 0 fully saturated rings. The number of thiazole rings is 1. The Labute approximate surface area is 127 Å². The topological polar surface area (TPSA) is 56.2 Å². The number of nitrogens with two attached hydrogens (primary N) is 1. The van der Waals surface area contributed by atoms with Gasteiger partial charge in [-0.2, -0.15) is 0 Å². The number of carbonyl (C=O) groups excluding carboxylic acids is 1. The summed E-state index contributed by atoms with van der Waals surface area (Å²) in [6.07, 6.45) is 0.992. The maximum absolute atomic E-state index is 11.5. The molecule has 4 nitrogen and oxygen atoms in total. The van der Waals surface area contributed by atoms with E-state index in [2.05, 4.69) is 19.1 Å². The second-order valence-corrected chi connectivity index (χ2v) is 5.05. The van der Waals surface area contributed by atoms with Gasteiger partial charge in [0.1, 0.15) is 5.52 Å². The van der Waals surface area contributed by atoms with Crippen LogP contribution in [0.15, 0.2) is 18.2 Å². The highest BCUT2D eigenvalue weighted by atomic mass is 79.9. The Hall–Kier alpha value is -1.14. The molecule has 0 atom stereocenters. The van der Waals surface area contributed by atoms with Gasteiger partial charge in [0.05, 0.1) is 11.3 Å². The predicted octanol–water partition coefficient (Wildman–Crippen LogP) is -1.10. The third kappa shape index (κ3) is 3.45. The summed E-state index contributed by atoms with van der Waals surface area (Å²) in [7, 11) is 0. The summed E-state index contributed by atoms with van der Waals surface area (Å²) in [5.41, 5.74) is 8.22. The number of nitrogens with zero attached hydrogens (tertiary/aromatic N) is 1. The van der Waals surface area contributed by atoms with Crippen LogP contribution in [0.4, 0.5) is 5.13 Å². The molecule has 2 aromatic rings. The van der Waals surface area contributed by atoms with Crippen molar-refractivity contribution in [3.05, 3.63) is 23.8 Å². The number of fused-ring (bicyclic) bond motifs is 1. The van der Waals surface area contributed by atoms with Gasteiger partial charge in [-0.3, -0.25) is 5.73 Å². The number of anilines is 1. The van der Waals surface area contributed by atoms with Crippen LogP contribution in [0, 0.1) is 0 Å². The fourth-order valence-electron chi connectivity index (χ4n) is 1.87. The van der Waals surface area contributed by atoms with Crippen molar-refractivity contribution in [2.45, 2.75) is 26.8 Å². The Morgan fingerprint density at radius 3 is 2.79 bits per heavy atom. The first-order valence-electron chi connectivity index (χ1n) is 6.02. The van der Waals surface area contributed by atoms with Gasteiger partial charge in [0.25, 0.3) is 0 Å². The Morgan fingerprint density at radius 1 is 1.42 bits per heavy atom. The average Bonchev–Trinajstić information content (AvgIpc) is 2.65. The third-order valence-electron chi connectivity index (χ3n) is 2.80. The molecule has 104 valence electrons. The van der Waals surface area contributed by atoms with E-state index in [1.54, 1.807) is 11.5 Å². The third-order valence-corrected chi connectivity index (χ3v) is 3.77. The molecule has 1 aromatic heterocycles. The van der Waals surface area contributed by atoms with Crippen molar-refractivity contribution in [1.82, 2.24) is 0 Å². The summed E-state index contributed by atoms with van der Waals surface area (Å²) in [6.45, 7) is 4.47. The molecule has 0 bridgehead atoms. The van der Waals surface area contributed by atoms with Crippen LogP contribution in [0.25, 0.3) is 10.2 Å². The molecule has 0 aliphatic carbocycles. The number of esters is 1. The van der Waals surface area contributed by atoms with Crippen molar-refractivity contribution in [1.29, 1.82) is 0 Å². The van der Waals surface area contributed by atoms with E-state index in [1.807, 2.05) is 6.07 Å². The van der Waals surface area contributed by atoms with E-state index in [-0.39, 0.29) is 29.5 Å². The number of aryl methyl sites for hydroxylation is 1. The first-order chi connectivity index (χ1) is 8.65. The zero-order chi connectivity index (χ0) is 13.1. The molecule has 0 spiro atoms. The monoisotopic (exact) mass is 344 g/mol. The molecule has 0 saturated heterocycles. The fourth-order valence-corrected chi connectivity index (χ4v) is 2.86. The second kappa shape index (κ2) is 6.86. The number of halogens is 1. The molecule has 2 rings (SSSR count). The maximum atomic E-state index is 11.5. The van der Waals surface area contributed by atoms with Crippen molar-refractivity contribution in [2.24, 2.45) is 0 Å². The SMILES string of the molecule is CCOC(=O)C[n+]1c(N)sc2cc(CC)ccc21.[Br-]. The summed E-state index contributed by atoms with van der Waals surface area (Å²) in [5.74, 6) is -0.256. The molecule has 1 aromatic carbocycles. The molecule has 0 radical (unpaired) electrons. The number of rotatable bonds is 4. The van der Waals surface area contributed by atoms with Crippen LogP contribution in [0.2, 0.25) is 0 Å². The number of nitrogen functional groups attached to an aromatic ring is 1. The van der Waals surface area contributed by atoms with Crippen LogP contribution in [0.3, 0.4) is 0 Å². The Balaban J connectivity index is 0.00000180. The summed E-state index contributed by atoms with van der Waals surface area (Å²) in [4.78, 5) is 11.5. The van der Waals surface area contributed by atoms with Gasteiger partial charge in [0, 0.05) is 0 Å². The van der Waals surface area contributed by atoms with E-state index in [0.29, 0.717) is 11.7 Å². The van der Waals surface area contributed by atoms with E-state index in [0.717, 1.165) is 16.6 Å². The average molecular weight is 345 g/mol. The van der Waals surface area contributed by atoms with E-state index in [1.165, 1.54) is 16.9 Å². The van der Waals surface area contributed by atoms with Crippen LogP contribution < -0.4 is 27.3 Å². The molecule has 0 aliphatic rings. The molecule has 2 N–H and O–H groups in total. The lowest BCUT2D eigenvalue weighted by Gasteiger charge is -2.01. The molecular weight excluding hydrogens is 328 g/mol. The molecule has 0 aliphatic heterocycles. The second-order valence-electron chi connectivity index (χ2n) is 3.99.